The summed E-state index contributed by atoms with van der Waals surface area (Å²) in [5.41, 5.74) is 7.98. The maximum absolute atomic E-state index is 6.24. The van der Waals surface area contributed by atoms with Crippen molar-refractivity contribution >= 4 is 28.9 Å². The predicted octanol–water partition coefficient (Wildman–Crippen LogP) is 3.23. The number of anilines is 1. The van der Waals surface area contributed by atoms with Crippen LogP contribution in [-0.2, 0) is 0 Å². The molecule has 16 heavy (non-hydrogen) atoms. The number of nitrogens with zero attached hydrogens (tertiary/aromatic N) is 1. The maximum Gasteiger partial charge on any atom is 0.0643 e. The number of hydrogen-bond donors (Lipinski definition) is 1. The standard InChI is InChI=1S/C12H16Cl2N2/c1-8-5-11(14)12(6-10(8)13)16-4-2-3-9(15)7-16/h5-6,9H,2-4,7,15H2,1H3. The maximum atomic E-state index is 6.24. The van der Waals surface area contributed by atoms with Crippen LogP contribution in [0.15, 0.2) is 12.1 Å². The van der Waals surface area contributed by atoms with Crippen LogP contribution >= 0.6 is 23.2 Å². The molecule has 1 saturated heterocycles. The fourth-order valence-electron chi connectivity index (χ4n) is 2.11. The van der Waals surface area contributed by atoms with Crippen LogP contribution in [0, 0.1) is 6.92 Å². The highest BCUT2D eigenvalue weighted by atomic mass is 35.5. The van der Waals surface area contributed by atoms with Crippen LogP contribution in [0.4, 0.5) is 5.69 Å². The van der Waals surface area contributed by atoms with Gasteiger partial charge in [0.15, 0.2) is 0 Å². The summed E-state index contributed by atoms with van der Waals surface area (Å²) < 4.78 is 0. The highest BCUT2D eigenvalue weighted by Crippen LogP contribution is 2.32. The van der Waals surface area contributed by atoms with Gasteiger partial charge in [-0.25, -0.2) is 0 Å². The molecule has 1 aromatic carbocycles. The first-order chi connectivity index (χ1) is 7.58. The molecule has 0 saturated carbocycles. The molecule has 4 heteroatoms. The Labute approximate surface area is 106 Å². The van der Waals surface area contributed by atoms with E-state index in [9.17, 15) is 0 Å². The second kappa shape index (κ2) is 4.82. The molecule has 1 aromatic rings. The van der Waals surface area contributed by atoms with Crippen LogP contribution in [-0.4, -0.2) is 19.1 Å². The van der Waals surface area contributed by atoms with Gasteiger partial charge >= 0.3 is 0 Å². The van der Waals surface area contributed by atoms with E-state index in [2.05, 4.69) is 4.90 Å². The number of benzene rings is 1. The van der Waals surface area contributed by atoms with Gasteiger partial charge in [0.05, 0.1) is 10.7 Å². The molecule has 0 bridgehead atoms. The first kappa shape index (κ1) is 12.0. The first-order valence-corrected chi connectivity index (χ1v) is 6.29. The molecule has 1 unspecified atom stereocenters. The van der Waals surface area contributed by atoms with E-state index in [1.54, 1.807) is 0 Å². The quantitative estimate of drug-likeness (QED) is 0.839. The zero-order valence-corrected chi connectivity index (χ0v) is 10.9. The molecule has 1 aliphatic heterocycles. The van der Waals surface area contributed by atoms with Crippen LogP contribution in [0.2, 0.25) is 10.0 Å². The summed E-state index contributed by atoms with van der Waals surface area (Å²) in [5, 5.41) is 1.52. The summed E-state index contributed by atoms with van der Waals surface area (Å²) in [4.78, 5) is 2.22. The van der Waals surface area contributed by atoms with Gasteiger partial charge in [-0.15, -0.1) is 0 Å². The van der Waals surface area contributed by atoms with Crippen molar-refractivity contribution in [1.82, 2.24) is 0 Å². The van der Waals surface area contributed by atoms with E-state index < -0.39 is 0 Å². The number of piperidine rings is 1. The zero-order valence-electron chi connectivity index (χ0n) is 9.34. The Kier molecular flexibility index (Phi) is 3.63. The molecule has 88 valence electrons. The Bertz CT molecular complexity index is 393. The lowest BCUT2D eigenvalue weighted by atomic mass is 10.1. The molecule has 2 nitrogen and oxygen atoms in total. The smallest absolute Gasteiger partial charge is 0.0643 e. The molecule has 1 fully saturated rings. The van der Waals surface area contributed by atoms with Gasteiger partial charge in [0.2, 0.25) is 0 Å². The van der Waals surface area contributed by atoms with Crippen molar-refractivity contribution in [2.75, 3.05) is 18.0 Å². The average molecular weight is 259 g/mol. The summed E-state index contributed by atoms with van der Waals surface area (Å²) in [6.45, 7) is 3.83. The predicted molar refractivity (Wildman–Crippen MR) is 70.6 cm³/mol. The van der Waals surface area contributed by atoms with Crippen molar-refractivity contribution in [3.05, 3.63) is 27.7 Å². The van der Waals surface area contributed by atoms with Crippen molar-refractivity contribution in [2.45, 2.75) is 25.8 Å². The highest BCUT2D eigenvalue weighted by molar-refractivity contribution is 6.35. The van der Waals surface area contributed by atoms with E-state index in [0.29, 0.717) is 0 Å². The van der Waals surface area contributed by atoms with Gasteiger partial charge < -0.3 is 10.6 Å². The molecular formula is C12H16Cl2N2. The average Bonchev–Trinajstić information content (AvgIpc) is 2.23. The molecule has 0 spiro atoms. The second-order valence-corrected chi connectivity index (χ2v) is 5.22. The minimum atomic E-state index is 0.241. The SMILES string of the molecule is Cc1cc(Cl)c(N2CCCC(N)C2)cc1Cl. The Morgan fingerprint density at radius 2 is 2.06 bits per heavy atom. The molecule has 1 atom stereocenters. The van der Waals surface area contributed by atoms with E-state index >= 15 is 0 Å². The highest BCUT2D eigenvalue weighted by Gasteiger charge is 2.19. The minimum absolute atomic E-state index is 0.241. The van der Waals surface area contributed by atoms with Gasteiger partial charge in [-0.2, -0.15) is 0 Å². The molecule has 1 heterocycles. The van der Waals surface area contributed by atoms with Gasteiger partial charge in [-0.05, 0) is 37.5 Å². The second-order valence-electron chi connectivity index (χ2n) is 4.40. The van der Waals surface area contributed by atoms with E-state index in [1.807, 2.05) is 19.1 Å². The van der Waals surface area contributed by atoms with Crippen LogP contribution < -0.4 is 10.6 Å². The summed E-state index contributed by atoms with van der Waals surface area (Å²) in [5.74, 6) is 0. The Morgan fingerprint density at radius 3 is 2.75 bits per heavy atom. The third-order valence-electron chi connectivity index (χ3n) is 3.03. The number of nitrogens with two attached hydrogens (primary N) is 1. The van der Waals surface area contributed by atoms with E-state index in [1.165, 1.54) is 0 Å². The Hall–Kier alpha value is -0.440. The number of rotatable bonds is 1. The van der Waals surface area contributed by atoms with Crippen molar-refractivity contribution in [3.63, 3.8) is 0 Å². The molecule has 1 aliphatic rings. The van der Waals surface area contributed by atoms with Gasteiger partial charge in [-0.1, -0.05) is 23.2 Å². The van der Waals surface area contributed by atoms with Crippen LogP contribution in [0.3, 0.4) is 0 Å². The topological polar surface area (TPSA) is 29.3 Å². The van der Waals surface area contributed by atoms with Crippen molar-refractivity contribution in [2.24, 2.45) is 5.73 Å². The number of halogens is 2. The largest absolute Gasteiger partial charge is 0.369 e. The third-order valence-corrected chi connectivity index (χ3v) is 3.74. The zero-order chi connectivity index (χ0) is 11.7. The fourth-order valence-corrected chi connectivity index (χ4v) is 2.60. The summed E-state index contributed by atoms with van der Waals surface area (Å²) >= 11 is 12.4. The van der Waals surface area contributed by atoms with E-state index in [4.69, 9.17) is 28.9 Å². The molecule has 2 rings (SSSR count). The lowest BCUT2D eigenvalue weighted by molar-refractivity contribution is 0.506. The lowest BCUT2D eigenvalue weighted by Crippen LogP contribution is -2.42. The third kappa shape index (κ3) is 2.45. The minimum Gasteiger partial charge on any atom is -0.369 e. The summed E-state index contributed by atoms with van der Waals surface area (Å²) in [6, 6.07) is 4.10. The molecule has 0 radical (unpaired) electrons. The van der Waals surface area contributed by atoms with E-state index in [0.717, 1.165) is 47.2 Å². The van der Waals surface area contributed by atoms with Crippen LogP contribution in [0.1, 0.15) is 18.4 Å². The normalized spacial score (nSPS) is 21.2. The van der Waals surface area contributed by atoms with E-state index in [-0.39, 0.29) is 6.04 Å². The van der Waals surface area contributed by atoms with Crippen molar-refractivity contribution in [1.29, 1.82) is 0 Å². The summed E-state index contributed by atoms with van der Waals surface area (Å²) in [7, 11) is 0. The first-order valence-electron chi connectivity index (χ1n) is 5.54. The van der Waals surface area contributed by atoms with Crippen molar-refractivity contribution in [3.8, 4) is 0 Å². The molecule has 0 aliphatic carbocycles. The molecular weight excluding hydrogens is 243 g/mol. The van der Waals surface area contributed by atoms with Crippen LogP contribution in [0.25, 0.3) is 0 Å². The van der Waals surface area contributed by atoms with Gasteiger partial charge in [0.1, 0.15) is 0 Å². The molecule has 2 N–H and O–H groups in total. The van der Waals surface area contributed by atoms with Gasteiger partial charge in [0.25, 0.3) is 0 Å². The van der Waals surface area contributed by atoms with Gasteiger partial charge in [-0.3, -0.25) is 0 Å². The monoisotopic (exact) mass is 258 g/mol. The molecule has 0 aromatic heterocycles. The Balaban J connectivity index is 2.29. The molecule has 0 amide bonds. The van der Waals surface area contributed by atoms with Crippen LogP contribution in [0.5, 0.6) is 0 Å². The Morgan fingerprint density at radius 1 is 1.31 bits per heavy atom. The van der Waals surface area contributed by atoms with Gasteiger partial charge in [0, 0.05) is 24.2 Å². The van der Waals surface area contributed by atoms with Crippen molar-refractivity contribution < 1.29 is 0 Å². The number of hydrogen-bond acceptors (Lipinski definition) is 2. The number of aryl methyl sites for hydroxylation is 1. The summed E-state index contributed by atoms with van der Waals surface area (Å²) in [6.07, 6.45) is 2.21. The fraction of sp³-hybridized carbons (Fsp3) is 0.500. The lowest BCUT2D eigenvalue weighted by Gasteiger charge is -2.33.